The van der Waals surface area contributed by atoms with E-state index in [1.807, 2.05) is 18.2 Å². The molecule has 0 spiro atoms. The van der Waals surface area contributed by atoms with Crippen LogP contribution in [0.3, 0.4) is 0 Å². The van der Waals surface area contributed by atoms with Gasteiger partial charge in [0.05, 0.1) is 15.4 Å². The smallest absolute Gasteiger partial charge is 0.127 e. The molecule has 0 bridgehead atoms. The number of nitrogens with zero attached hydrogens (tertiary/aromatic N) is 1. The first-order valence-corrected chi connectivity index (χ1v) is 7.98. The molecule has 0 fully saturated rings. The first kappa shape index (κ1) is 14.6. The normalized spacial score (nSPS) is 10.3. The van der Waals surface area contributed by atoms with Crippen molar-refractivity contribution in [1.29, 1.82) is 5.26 Å². The number of halogens is 3. The summed E-state index contributed by atoms with van der Waals surface area (Å²) in [6.45, 7) is 0. The van der Waals surface area contributed by atoms with Gasteiger partial charge in [-0.25, -0.2) is 0 Å². The zero-order valence-electron chi connectivity index (χ0n) is 9.61. The minimum Gasteiger partial charge on any atom is -0.457 e. The lowest BCUT2D eigenvalue weighted by Crippen LogP contribution is -1.88. The molecular weight excluding hydrogens is 438 g/mol. The first-order valence-electron chi connectivity index (χ1n) is 5.36. The van der Waals surface area contributed by atoms with Crippen molar-refractivity contribution >= 4 is 47.8 Å². The summed E-state index contributed by atoms with van der Waals surface area (Å²) in [7, 11) is 0. The van der Waals surface area contributed by atoms with E-state index in [1.165, 1.54) is 0 Å². The van der Waals surface area contributed by atoms with Crippen LogP contribution < -0.4 is 4.74 Å². The lowest BCUT2D eigenvalue weighted by molar-refractivity contribution is 0.482. The van der Waals surface area contributed by atoms with Gasteiger partial charge in [0.15, 0.2) is 0 Å². The van der Waals surface area contributed by atoms with Gasteiger partial charge in [0.2, 0.25) is 0 Å². The van der Waals surface area contributed by atoms with Crippen LogP contribution in [0.4, 0.5) is 0 Å². The van der Waals surface area contributed by atoms with Crippen molar-refractivity contribution in [2.75, 3.05) is 0 Å². The number of alkyl halides is 2. The summed E-state index contributed by atoms with van der Waals surface area (Å²) in [5, 5.41) is 8.74. The fourth-order valence-corrected chi connectivity index (χ4v) is 3.33. The van der Waals surface area contributed by atoms with Gasteiger partial charge in [-0.1, -0.05) is 47.8 Å². The Morgan fingerprint density at radius 3 is 2.21 bits per heavy atom. The molecule has 19 heavy (non-hydrogen) atoms. The molecule has 5 heteroatoms. The molecule has 0 aliphatic carbocycles. The second-order valence-corrected chi connectivity index (χ2v) is 7.64. The zero-order chi connectivity index (χ0) is 13.8. The van der Waals surface area contributed by atoms with Crippen LogP contribution in [0.5, 0.6) is 11.5 Å². The number of hydrogen-bond donors (Lipinski definition) is 0. The van der Waals surface area contributed by atoms with E-state index in [-0.39, 0.29) is 3.74 Å². The predicted molar refractivity (Wildman–Crippen MR) is 86.0 cm³/mol. The van der Waals surface area contributed by atoms with Crippen molar-refractivity contribution in [1.82, 2.24) is 0 Å². The summed E-state index contributed by atoms with van der Waals surface area (Å²) in [5.41, 5.74) is 1.66. The van der Waals surface area contributed by atoms with E-state index >= 15 is 0 Å². The minimum absolute atomic E-state index is 0.0545. The van der Waals surface area contributed by atoms with Crippen molar-refractivity contribution < 1.29 is 4.74 Å². The quantitative estimate of drug-likeness (QED) is 0.551. The highest BCUT2D eigenvalue weighted by Gasteiger charge is 2.09. The number of ether oxygens (including phenoxy) is 1. The van der Waals surface area contributed by atoms with E-state index < -0.39 is 0 Å². The molecule has 2 rings (SSSR count). The second kappa shape index (κ2) is 6.56. The van der Waals surface area contributed by atoms with Crippen molar-refractivity contribution in [3.8, 4) is 17.6 Å². The van der Waals surface area contributed by atoms with Crippen molar-refractivity contribution in [2.24, 2.45) is 0 Å². The molecule has 0 amide bonds. The Balaban J connectivity index is 2.23. The molecule has 2 nitrogen and oxygen atoms in total. The van der Waals surface area contributed by atoms with Crippen LogP contribution in [0.2, 0.25) is 0 Å². The molecule has 0 N–H and O–H groups in total. The lowest BCUT2D eigenvalue weighted by atomic mass is 10.2. The highest BCUT2D eigenvalue weighted by molar-refractivity contribution is 9.24. The van der Waals surface area contributed by atoms with Gasteiger partial charge in [-0.2, -0.15) is 5.26 Å². The molecule has 0 heterocycles. The highest BCUT2D eigenvalue weighted by Crippen LogP contribution is 2.37. The van der Waals surface area contributed by atoms with Gasteiger partial charge in [-0.15, -0.1) is 0 Å². The molecular formula is C14H8Br3NO. The summed E-state index contributed by atoms with van der Waals surface area (Å²) in [6.07, 6.45) is 0. The maximum Gasteiger partial charge on any atom is 0.127 e. The number of benzene rings is 2. The maximum absolute atomic E-state index is 8.74. The SMILES string of the molecule is N#Cc1ccc(Oc2ccc(Br)c(C(Br)Br)c2)cc1. The van der Waals surface area contributed by atoms with Gasteiger partial charge in [0.1, 0.15) is 11.5 Å². The average molecular weight is 446 g/mol. The van der Waals surface area contributed by atoms with Crippen LogP contribution >= 0.6 is 47.8 Å². The summed E-state index contributed by atoms with van der Waals surface area (Å²) < 4.78 is 6.80. The van der Waals surface area contributed by atoms with Crippen LogP contribution in [0.25, 0.3) is 0 Å². The van der Waals surface area contributed by atoms with Crippen LogP contribution in [0.1, 0.15) is 14.9 Å². The predicted octanol–water partition coefficient (Wildman–Crippen LogP) is 5.90. The van der Waals surface area contributed by atoms with E-state index in [0.29, 0.717) is 11.3 Å². The molecule has 0 aliphatic rings. The minimum atomic E-state index is 0.0545. The Kier molecular flexibility index (Phi) is 5.03. The standard InChI is InChI=1S/C14H8Br3NO/c15-13-6-5-11(7-12(13)14(16)17)19-10-3-1-9(8-18)2-4-10/h1-7,14H. The summed E-state index contributed by atoms with van der Waals surface area (Å²) >= 11 is 10.4. The van der Waals surface area contributed by atoms with Crippen molar-refractivity contribution in [3.05, 3.63) is 58.1 Å². The van der Waals surface area contributed by atoms with Crippen LogP contribution in [-0.4, -0.2) is 0 Å². The molecule has 0 saturated heterocycles. The van der Waals surface area contributed by atoms with Crippen LogP contribution in [0.15, 0.2) is 46.9 Å². The largest absolute Gasteiger partial charge is 0.457 e. The third-order valence-electron chi connectivity index (χ3n) is 2.42. The van der Waals surface area contributed by atoms with E-state index in [9.17, 15) is 0 Å². The Morgan fingerprint density at radius 2 is 1.63 bits per heavy atom. The number of rotatable bonds is 3. The molecule has 0 radical (unpaired) electrons. The fourth-order valence-electron chi connectivity index (χ4n) is 1.49. The monoisotopic (exact) mass is 443 g/mol. The maximum atomic E-state index is 8.74. The molecule has 0 atom stereocenters. The Morgan fingerprint density at radius 1 is 1.00 bits per heavy atom. The molecule has 0 saturated carbocycles. The van der Waals surface area contributed by atoms with Gasteiger partial charge in [-0.3, -0.25) is 0 Å². The van der Waals surface area contributed by atoms with E-state index in [1.54, 1.807) is 24.3 Å². The second-order valence-electron chi connectivity index (χ2n) is 3.72. The van der Waals surface area contributed by atoms with E-state index in [4.69, 9.17) is 10.00 Å². The summed E-state index contributed by atoms with van der Waals surface area (Å²) in [6, 6.07) is 14.8. The molecule has 0 unspecified atom stereocenters. The third-order valence-corrected chi connectivity index (χ3v) is 4.13. The Labute approximate surface area is 136 Å². The van der Waals surface area contributed by atoms with Crippen LogP contribution in [-0.2, 0) is 0 Å². The topological polar surface area (TPSA) is 33.0 Å². The van der Waals surface area contributed by atoms with E-state index in [2.05, 4.69) is 53.9 Å². The molecule has 96 valence electrons. The van der Waals surface area contributed by atoms with Gasteiger partial charge in [-0.05, 0) is 48.0 Å². The highest BCUT2D eigenvalue weighted by atomic mass is 79.9. The Hall–Kier alpha value is -0.830. The number of hydrogen-bond acceptors (Lipinski definition) is 2. The lowest BCUT2D eigenvalue weighted by Gasteiger charge is -2.10. The first-order chi connectivity index (χ1) is 9.10. The molecule has 0 aliphatic heterocycles. The molecule has 2 aromatic rings. The fraction of sp³-hybridized carbons (Fsp3) is 0.0714. The average Bonchev–Trinajstić information content (AvgIpc) is 2.41. The molecule has 2 aromatic carbocycles. The summed E-state index contributed by atoms with van der Waals surface area (Å²) in [4.78, 5) is 0. The van der Waals surface area contributed by atoms with Crippen molar-refractivity contribution in [3.63, 3.8) is 0 Å². The number of nitriles is 1. The van der Waals surface area contributed by atoms with E-state index in [0.717, 1.165) is 15.8 Å². The zero-order valence-corrected chi connectivity index (χ0v) is 14.4. The van der Waals surface area contributed by atoms with Gasteiger partial charge in [0.25, 0.3) is 0 Å². The van der Waals surface area contributed by atoms with Gasteiger partial charge in [0, 0.05) is 4.47 Å². The van der Waals surface area contributed by atoms with Gasteiger partial charge >= 0.3 is 0 Å². The summed E-state index contributed by atoms with van der Waals surface area (Å²) in [5.74, 6) is 1.44. The molecule has 0 aromatic heterocycles. The Bertz CT molecular complexity index is 618. The third kappa shape index (κ3) is 3.82. The van der Waals surface area contributed by atoms with Crippen LogP contribution in [0, 0.1) is 11.3 Å². The van der Waals surface area contributed by atoms with Crippen molar-refractivity contribution in [2.45, 2.75) is 3.74 Å². The van der Waals surface area contributed by atoms with Gasteiger partial charge < -0.3 is 4.74 Å².